The number of carbonyl (C=O) groups excluding carboxylic acids is 2. The van der Waals surface area contributed by atoms with E-state index in [1.165, 1.54) is 0 Å². The molecule has 1 rings (SSSR count). The molecule has 0 aromatic rings. The maximum absolute atomic E-state index is 11.3. The van der Waals surface area contributed by atoms with Crippen LogP contribution in [0.5, 0.6) is 0 Å². The van der Waals surface area contributed by atoms with Gasteiger partial charge in [-0.25, -0.2) is 9.59 Å². The first-order chi connectivity index (χ1) is 8.40. The monoisotopic (exact) mass is 512 g/mol. The summed E-state index contributed by atoms with van der Waals surface area (Å²) in [6, 6.07) is 0. The van der Waals surface area contributed by atoms with Gasteiger partial charge in [0.2, 0.25) is 0 Å². The van der Waals surface area contributed by atoms with Crippen LogP contribution in [0.4, 0.5) is 0 Å². The van der Waals surface area contributed by atoms with Gasteiger partial charge in [0.15, 0.2) is 7.47 Å². The molecule has 0 saturated heterocycles. The molecule has 8 heteroatoms. The van der Waals surface area contributed by atoms with Gasteiger partial charge >= 0.3 is 11.9 Å². The fraction of sp³-hybridized carbons (Fsp3) is 0.800. The zero-order chi connectivity index (χ0) is 13.7. The molecule has 0 bridgehead atoms. The van der Waals surface area contributed by atoms with Gasteiger partial charge in [-0.1, -0.05) is 63.7 Å². The number of hydrogen-bond donors (Lipinski definition) is 0. The summed E-state index contributed by atoms with van der Waals surface area (Å²) < 4.78 is 9.58. The minimum atomic E-state index is -0.469. The molecule has 0 N–H and O–H groups in total. The SMILES string of the molecule is O=C(OC1CCC(OC(=O)C(Br)Br)CC1)C(Br)Br. The fourth-order valence-electron chi connectivity index (χ4n) is 1.70. The van der Waals surface area contributed by atoms with Crippen LogP contribution in [0.1, 0.15) is 25.7 Å². The molecule has 1 aliphatic carbocycles. The van der Waals surface area contributed by atoms with Gasteiger partial charge in [-0.3, -0.25) is 0 Å². The first-order valence-electron chi connectivity index (χ1n) is 5.37. The van der Waals surface area contributed by atoms with E-state index in [1.807, 2.05) is 0 Å². The lowest BCUT2D eigenvalue weighted by Gasteiger charge is -2.28. The van der Waals surface area contributed by atoms with Gasteiger partial charge in [0.05, 0.1) is 0 Å². The van der Waals surface area contributed by atoms with Gasteiger partial charge in [0.25, 0.3) is 0 Å². The molecule has 0 radical (unpaired) electrons. The summed E-state index contributed by atoms with van der Waals surface area (Å²) in [5.41, 5.74) is 0. The van der Waals surface area contributed by atoms with Crippen LogP contribution in [0.15, 0.2) is 0 Å². The van der Waals surface area contributed by atoms with Gasteiger partial charge in [-0.05, 0) is 25.7 Å². The molecular formula is C10H12Br4O4. The number of alkyl halides is 4. The summed E-state index contributed by atoms with van der Waals surface area (Å²) in [5, 5.41) is 0. The summed E-state index contributed by atoms with van der Waals surface area (Å²) in [6.45, 7) is 0. The number of halogens is 4. The van der Waals surface area contributed by atoms with E-state index in [4.69, 9.17) is 9.47 Å². The van der Waals surface area contributed by atoms with E-state index in [9.17, 15) is 9.59 Å². The second-order valence-corrected chi connectivity index (χ2v) is 9.99. The molecule has 0 unspecified atom stereocenters. The van der Waals surface area contributed by atoms with Crippen molar-refractivity contribution in [2.24, 2.45) is 0 Å². The summed E-state index contributed by atoms with van der Waals surface area (Å²) in [6.07, 6.45) is 2.68. The van der Waals surface area contributed by atoms with Crippen molar-refractivity contribution < 1.29 is 19.1 Å². The first kappa shape index (κ1) is 16.9. The maximum Gasteiger partial charge on any atom is 0.330 e. The van der Waals surface area contributed by atoms with E-state index in [2.05, 4.69) is 63.7 Å². The van der Waals surface area contributed by atoms with E-state index in [-0.39, 0.29) is 24.1 Å². The Morgan fingerprint density at radius 1 is 0.778 bits per heavy atom. The third-order valence-electron chi connectivity index (χ3n) is 2.54. The molecule has 1 saturated carbocycles. The third-order valence-corrected chi connectivity index (χ3v) is 4.04. The van der Waals surface area contributed by atoms with Crippen molar-refractivity contribution in [3.05, 3.63) is 0 Å². The minimum Gasteiger partial charge on any atom is -0.461 e. The van der Waals surface area contributed by atoms with Crippen molar-refractivity contribution in [1.82, 2.24) is 0 Å². The van der Waals surface area contributed by atoms with E-state index in [0.717, 1.165) is 0 Å². The molecule has 1 fully saturated rings. The maximum atomic E-state index is 11.3. The lowest BCUT2D eigenvalue weighted by atomic mass is 9.95. The molecule has 0 amide bonds. The van der Waals surface area contributed by atoms with Crippen LogP contribution in [-0.2, 0) is 19.1 Å². The Morgan fingerprint density at radius 2 is 1.06 bits per heavy atom. The van der Waals surface area contributed by atoms with E-state index in [1.54, 1.807) is 0 Å². The number of carbonyl (C=O) groups is 2. The zero-order valence-electron chi connectivity index (χ0n) is 9.28. The molecular weight excluding hydrogens is 504 g/mol. The normalized spacial score (nSPS) is 24.1. The first-order valence-corrected chi connectivity index (χ1v) is 9.03. The smallest absolute Gasteiger partial charge is 0.330 e. The van der Waals surface area contributed by atoms with Crippen LogP contribution in [0.25, 0.3) is 0 Å². The molecule has 0 spiro atoms. The van der Waals surface area contributed by atoms with Crippen LogP contribution < -0.4 is 0 Å². The highest BCUT2D eigenvalue weighted by Crippen LogP contribution is 2.26. The number of esters is 2. The quantitative estimate of drug-likeness (QED) is 0.424. The third kappa shape index (κ3) is 5.88. The predicted molar refractivity (Wildman–Crippen MR) is 81.5 cm³/mol. The minimum absolute atomic E-state index is 0.0891. The molecule has 1 aliphatic rings. The van der Waals surface area contributed by atoms with Gasteiger partial charge in [0.1, 0.15) is 12.2 Å². The fourth-order valence-corrected chi connectivity index (χ4v) is 2.13. The molecule has 18 heavy (non-hydrogen) atoms. The van der Waals surface area contributed by atoms with E-state index < -0.39 is 7.47 Å². The Balaban J connectivity index is 2.28. The molecule has 0 aromatic heterocycles. The van der Waals surface area contributed by atoms with Crippen molar-refractivity contribution in [3.63, 3.8) is 0 Å². The molecule has 0 aliphatic heterocycles. The van der Waals surface area contributed by atoms with Crippen LogP contribution in [0.3, 0.4) is 0 Å². The zero-order valence-corrected chi connectivity index (χ0v) is 15.6. The molecule has 104 valence electrons. The Labute approximate surface area is 139 Å². The highest BCUT2D eigenvalue weighted by molar-refractivity contribution is 9.25. The van der Waals surface area contributed by atoms with Crippen LogP contribution >= 0.6 is 63.7 Å². The van der Waals surface area contributed by atoms with Gasteiger partial charge in [0, 0.05) is 0 Å². The van der Waals surface area contributed by atoms with Crippen LogP contribution in [0.2, 0.25) is 0 Å². The standard InChI is InChI=1S/C10H12Br4O4/c11-7(12)9(15)17-5-1-2-6(4-3-5)18-10(16)8(13)14/h5-8H,1-4H2. The summed E-state index contributed by atoms with van der Waals surface area (Å²) in [5.74, 6) is -0.646. The van der Waals surface area contributed by atoms with E-state index >= 15 is 0 Å². The van der Waals surface area contributed by atoms with Crippen LogP contribution in [0, 0.1) is 0 Å². The van der Waals surface area contributed by atoms with Crippen LogP contribution in [-0.4, -0.2) is 31.6 Å². The molecule has 4 nitrogen and oxygen atoms in total. The lowest BCUT2D eigenvalue weighted by molar-refractivity contribution is -0.155. The second kappa shape index (κ2) is 8.21. The van der Waals surface area contributed by atoms with Gasteiger partial charge in [-0.2, -0.15) is 0 Å². The van der Waals surface area contributed by atoms with Crippen molar-refractivity contribution >= 4 is 75.7 Å². The van der Waals surface area contributed by atoms with Gasteiger partial charge in [-0.15, -0.1) is 0 Å². The summed E-state index contributed by atoms with van der Waals surface area (Å²) >= 11 is 12.4. The Kier molecular flexibility index (Phi) is 7.72. The van der Waals surface area contributed by atoms with E-state index in [0.29, 0.717) is 25.7 Å². The molecule has 0 atom stereocenters. The van der Waals surface area contributed by atoms with Crippen molar-refractivity contribution in [1.29, 1.82) is 0 Å². The Morgan fingerprint density at radius 3 is 1.28 bits per heavy atom. The van der Waals surface area contributed by atoms with Gasteiger partial charge < -0.3 is 9.47 Å². The predicted octanol–water partition coefficient (Wildman–Crippen LogP) is 3.62. The highest BCUT2D eigenvalue weighted by atomic mass is 79.9. The average molecular weight is 516 g/mol. The van der Waals surface area contributed by atoms with Crippen molar-refractivity contribution in [2.45, 2.75) is 45.4 Å². The largest absolute Gasteiger partial charge is 0.461 e. The summed E-state index contributed by atoms with van der Waals surface area (Å²) in [7, 11) is 0. The molecule has 0 aromatic carbocycles. The number of ether oxygens (including phenoxy) is 2. The second-order valence-electron chi connectivity index (χ2n) is 3.87. The number of hydrogen-bond acceptors (Lipinski definition) is 4. The Hall–Kier alpha value is 0.860. The topological polar surface area (TPSA) is 52.6 Å². The highest BCUT2D eigenvalue weighted by Gasteiger charge is 2.28. The molecule has 0 heterocycles. The lowest BCUT2D eigenvalue weighted by Crippen LogP contribution is -2.31. The average Bonchev–Trinajstić information content (AvgIpc) is 2.31. The Bertz CT molecular complexity index is 270. The van der Waals surface area contributed by atoms with Crippen molar-refractivity contribution in [3.8, 4) is 0 Å². The summed E-state index contributed by atoms with van der Waals surface area (Å²) in [4.78, 5) is 22.7. The van der Waals surface area contributed by atoms with Crippen molar-refractivity contribution in [2.75, 3.05) is 0 Å². The number of rotatable bonds is 4.